The van der Waals surface area contributed by atoms with E-state index >= 15 is 0 Å². The van der Waals surface area contributed by atoms with Crippen molar-refractivity contribution in [2.24, 2.45) is 5.73 Å². The number of benzene rings is 1. The molecule has 0 amide bonds. The lowest BCUT2D eigenvalue weighted by molar-refractivity contribution is 0.414. The van der Waals surface area contributed by atoms with Crippen molar-refractivity contribution < 1.29 is 4.74 Å². The van der Waals surface area contributed by atoms with Gasteiger partial charge in [-0.3, -0.25) is 0 Å². The highest BCUT2D eigenvalue weighted by Gasteiger charge is 2.35. The molecule has 1 saturated carbocycles. The Morgan fingerprint density at radius 3 is 2.69 bits per heavy atom. The van der Waals surface area contributed by atoms with Crippen molar-refractivity contribution in [3.8, 4) is 5.75 Å². The van der Waals surface area contributed by atoms with E-state index in [-0.39, 0.29) is 0 Å². The van der Waals surface area contributed by atoms with E-state index in [0.29, 0.717) is 12.0 Å². The summed E-state index contributed by atoms with van der Waals surface area (Å²) in [5.74, 6) is 1.42. The highest BCUT2D eigenvalue weighted by atomic mass is 79.9. The van der Waals surface area contributed by atoms with Gasteiger partial charge in [-0.05, 0) is 24.1 Å². The monoisotopic (exact) mass is 241 g/mol. The normalized spacial score (nSPS) is 25.8. The van der Waals surface area contributed by atoms with Crippen LogP contribution in [0.3, 0.4) is 0 Å². The summed E-state index contributed by atoms with van der Waals surface area (Å²) in [5.41, 5.74) is 7.09. The first kappa shape index (κ1) is 9.03. The second kappa shape index (κ2) is 3.31. The highest BCUT2D eigenvalue weighted by Crippen LogP contribution is 2.43. The van der Waals surface area contributed by atoms with E-state index in [4.69, 9.17) is 10.5 Å². The minimum absolute atomic E-state index is 0.352. The van der Waals surface area contributed by atoms with Crippen LogP contribution in [0.4, 0.5) is 0 Å². The maximum absolute atomic E-state index is 5.79. The van der Waals surface area contributed by atoms with Crippen molar-refractivity contribution in [3.63, 3.8) is 0 Å². The van der Waals surface area contributed by atoms with Crippen LogP contribution < -0.4 is 10.5 Å². The predicted octanol–water partition coefficient (Wildman–Crippen LogP) is 2.27. The second-order valence-corrected chi connectivity index (χ2v) is 4.25. The summed E-state index contributed by atoms with van der Waals surface area (Å²) in [4.78, 5) is 0. The summed E-state index contributed by atoms with van der Waals surface area (Å²) in [7, 11) is 1.67. The van der Waals surface area contributed by atoms with Gasteiger partial charge in [0.15, 0.2) is 0 Å². The van der Waals surface area contributed by atoms with Crippen LogP contribution >= 0.6 is 15.9 Å². The Morgan fingerprint density at radius 1 is 1.54 bits per heavy atom. The molecule has 1 aromatic carbocycles. The summed E-state index contributed by atoms with van der Waals surface area (Å²) >= 11 is 3.52. The first-order valence-electron chi connectivity index (χ1n) is 4.31. The van der Waals surface area contributed by atoms with E-state index in [0.717, 1.165) is 16.6 Å². The molecular formula is C10H12BrNO. The average molecular weight is 242 g/mol. The molecule has 3 heteroatoms. The van der Waals surface area contributed by atoms with Gasteiger partial charge in [0.2, 0.25) is 0 Å². The molecule has 2 N–H and O–H groups in total. The molecule has 2 nitrogen and oxygen atoms in total. The summed E-state index contributed by atoms with van der Waals surface area (Å²) < 4.78 is 6.22. The summed E-state index contributed by atoms with van der Waals surface area (Å²) in [5, 5.41) is 0. The third-order valence-electron chi connectivity index (χ3n) is 2.45. The van der Waals surface area contributed by atoms with Gasteiger partial charge in [0.05, 0.1) is 7.11 Å². The molecule has 0 aliphatic heterocycles. The zero-order chi connectivity index (χ0) is 9.42. The fourth-order valence-corrected chi connectivity index (χ4v) is 2.16. The Labute approximate surface area is 86.2 Å². The van der Waals surface area contributed by atoms with Crippen LogP contribution in [0, 0.1) is 0 Å². The van der Waals surface area contributed by atoms with E-state index in [1.807, 2.05) is 12.1 Å². The zero-order valence-electron chi connectivity index (χ0n) is 7.46. The minimum Gasteiger partial charge on any atom is -0.497 e. The lowest BCUT2D eigenvalue weighted by atomic mass is 10.1. The van der Waals surface area contributed by atoms with Crippen molar-refractivity contribution in [2.45, 2.75) is 18.4 Å². The van der Waals surface area contributed by atoms with E-state index in [9.17, 15) is 0 Å². The molecule has 0 spiro atoms. The van der Waals surface area contributed by atoms with Gasteiger partial charge in [-0.1, -0.05) is 22.0 Å². The molecular weight excluding hydrogens is 230 g/mol. The largest absolute Gasteiger partial charge is 0.497 e. The van der Waals surface area contributed by atoms with Gasteiger partial charge in [0, 0.05) is 16.4 Å². The fourth-order valence-electron chi connectivity index (χ4n) is 1.51. The van der Waals surface area contributed by atoms with Gasteiger partial charge in [0.1, 0.15) is 5.75 Å². The smallest absolute Gasteiger partial charge is 0.120 e. The molecule has 0 saturated heterocycles. The van der Waals surface area contributed by atoms with Crippen LogP contribution in [0.2, 0.25) is 0 Å². The minimum atomic E-state index is 0.352. The molecule has 2 atom stereocenters. The third-order valence-corrected chi connectivity index (χ3v) is 3.13. The summed E-state index contributed by atoms with van der Waals surface area (Å²) in [6.45, 7) is 0. The molecule has 1 aliphatic carbocycles. The molecule has 2 rings (SSSR count). The molecule has 0 aromatic heterocycles. The van der Waals surface area contributed by atoms with E-state index in [1.165, 1.54) is 5.56 Å². The van der Waals surface area contributed by atoms with Gasteiger partial charge in [-0.15, -0.1) is 0 Å². The SMILES string of the molecule is COc1ccc(C2CC2N)c(Br)c1. The van der Waals surface area contributed by atoms with Crippen molar-refractivity contribution in [3.05, 3.63) is 28.2 Å². The number of hydrogen-bond donors (Lipinski definition) is 1. The zero-order valence-corrected chi connectivity index (χ0v) is 9.04. The lowest BCUT2D eigenvalue weighted by Gasteiger charge is -2.05. The molecule has 13 heavy (non-hydrogen) atoms. The molecule has 70 valence electrons. The van der Waals surface area contributed by atoms with Crippen molar-refractivity contribution in [1.29, 1.82) is 0 Å². The van der Waals surface area contributed by atoms with Gasteiger partial charge in [-0.2, -0.15) is 0 Å². The Morgan fingerprint density at radius 2 is 2.23 bits per heavy atom. The Balaban J connectivity index is 2.27. The highest BCUT2D eigenvalue weighted by molar-refractivity contribution is 9.10. The number of ether oxygens (including phenoxy) is 1. The third kappa shape index (κ3) is 1.71. The van der Waals surface area contributed by atoms with Crippen LogP contribution in [0.25, 0.3) is 0 Å². The molecule has 2 unspecified atom stereocenters. The molecule has 1 aliphatic rings. The van der Waals surface area contributed by atoms with Crippen LogP contribution in [0.1, 0.15) is 17.9 Å². The Kier molecular flexibility index (Phi) is 2.30. The molecule has 0 radical (unpaired) electrons. The van der Waals surface area contributed by atoms with Crippen LogP contribution in [0.15, 0.2) is 22.7 Å². The molecule has 0 heterocycles. The van der Waals surface area contributed by atoms with Gasteiger partial charge in [-0.25, -0.2) is 0 Å². The van der Waals surface area contributed by atoms with Crippen LogP contribution in [-0.2, 0) is 0 Å². The maximum Gasteiger partial charge on any atom is 0.120 e. The molecule has 1 aromatic rings. The molecule has 1 fully saturated rings. The van der Waals surface area contributed by atoms with Crippen LogP contribution in [0.5, 0.6) is 5.75 Å². The van der Waals surface area contributed by atoms with Gasteiger partial charge >= 0.3 is 0 Å². The second-order valence-electron chi connectivity index (χ2n) is 3.39. The van der Waals surface area contributed by atoms with Gasteiger partial charge < -0.3 is 10.5 Å². The molecule has 0 bridgehead atoms. The summed E-state index contributed by atoms with van der Waals surface area (Å²) in [6.07, 6.45) is 1.10. The average Bonchev–Trinajstić information content (AvgIpc) is 2.82. The van der Waals surface area contributed by atoms with Gasteiger partial charge in [0.25, 0.3) is 0 Å². The van der Waals surface area contributed by atoms with E-state index in [2.05, 4.69) is 22.0 Å². The van der Waals surface area contributed by atoms with Crippen molar-refractivity contribution >= 4 is 15.9 Å². The quantitative estimate of drug-likeness (QED) is 0.863. The van der Waals surface area contributed by atoms with Crippen molar-refractivity contribution in [2.75, 3.05) is 7.11 Å². The van der Waals surface area contributed by atoms with E-state index < -0.39 is 0 Å². The first-order valence-corrected chi connectivity index (χ1v) is 5.10. The topological polar surface area (TPSA) is 35.2 Å². The number of rotatable bonds is 2. The van der Waals surface area contributed by atoms with Crippen molar-refractivity contribution in [1.82, 2.24) is 0 Å². The standard InChI is InChI=1S/C10H12BrNO/c1-13-6-2-3-7(9(11)4-6)8-5-10(8)12/h2-4,8,10H,5,12H2,1H3. The Bertz CT molecular complexity index is 327. The first-order chi connectivity index (χ1) is 6.22. The maximum atomic E-state index is 5.79. The number of hydrogen-bond acceptors (Lipinski definition) is 2. The van der Waals surface area contributed by atoms with Crippen LogP contribution in [-0.4, -0.2) is 13.2 Å². The number of nitrogens with two attached hydrogens (primary N) is 1. The number of halogens is 1. The summed E-state index contributed by atoms with van der Waals surface area (Å²) in [6, 6.07) is 6.40. The Hall–Kier alpha value is -0.540. The number of methoxy groups -OCH3 is 1. The predicted molar refractivity (Wildman–Crippen MR) is 56.0 cm³/mol. The van der Waals surface area contributed by atoms with E-state index in [1.54, 1.807) is 7.11 Å². The fraction of sp³-hybridized carbons (Fsp3) is 0.400. The lowest BCUT2D eigenvalue weighted by Crippen LogP contribution is -2.01.